The lowest BCUT2D eigenvalue weighted by Crippen LogP contribution is -2.39. The van der Waals surface area contributed by atoms with Crippen molar-refractivity contribution >= 4 is 29.4 Å². The number of rotatable bonds is 5. The summed E-state index contributed by atoms with van der Waals surface area (Å²) in [5, 5.41) is 2.71. The fourth-order valence-corrected chi connectivity index (χ4v) is 4.10. The molecule has 1 saturated heterocycles. The second kappa shape index (κ2) is 8.58. The van der Waals surface area contributed by atoms with Gasteiger partial charge in [-0.1, -0.05) is 45.7 Å². The molecule has 1 aromatic carbocycles. The normalized spacial score (nSPS) is 22.5. The topological polar surface area (TPSA) is 92.8 Å². The van der Waals surface area contributed by atoms with E-state index >= 15 is 0 Å². The molecular formula is C23H30N2O5. The molecule has 0 spiro atoms. The molecule has 1 aliphatic carbocycles. The van der Waals surface area contributed by atoms with Crippen LogP contribution in [0.25, 0.3) is 0 Å². The Balaban J connectivity index is 1.53. The van der Waals surface area contributed by atoms with Crippen LogP contribution in [0.5, 0.6) is 0 Å². The van der Waals surface area contributed by atoms with Crippen molar-refractivity contribution in [2.45, 2.75) is 64.9 Å². The predicted octanol–water partition coefficient (Wildman–Crippen LogP) is 3.03. The van der Waals surface area contributed by atoms with Gasteiger partial charge in [0.1, 0.15) is 6.54 Å². The summed E-state index contributed by atoms with van der Waals surface area (Å²) in [5.41, 5.74) is 1.75. The van der Waals surface area contributed by atoms with Gasteiger partial charge in [0.05, 0.1) is 11.8 Å². The summed E-state index contributed by atoms with van der Waals surface area (Å²) >= 11 is 0. The number of esters is 1. The van der Waals surface area contributed by atoms with Crippen molar-refractivity contribution in [1.29, 1.82) is 0 Å². The number of anilines is 1. The van der Waals surface area contributed by atoms with E-state index in [1.54, 1.807) is 12.1 Å². The zero-order chi connectivity index (χ0) is 22.1. The second-order valence-corrected chi connectivity index (χ2v) is 9.21. The highest BCUT2D eigenvalue weighted by atomic mass is 16.5. The number of imide groups is 1. The summed E-state index contributed by atoms with van der Waals surface area (Å²) < 4.78 is 5.18. The Labute approximate surface area is 177 Å². The average Bonchev–Trinajstić information content (AvgIpc) is 2.93. The molecule has 0 aromatic heterocycles. The van der Waals surface area contributed by atoms with Gasteiger partial charge in [-0.05, 0) is 42.9 Å². The molecule has 162 valence electrons. The van der Waals surface area contributed by atoms with Gasteiger partial charge in [0.25, 0.3) is 5.91 Å². The van der Waals surface area contributed by atoms with E-state index in [2.05, 4.69) is 26.1 Å². The van der Waals surface area contributed by atoms with Crippen molar-refractivity contribution < 1.29 is 23.9 Å². The Bertz CT molecular complexity index is 816. The van der Waals surface area contributed by atoms with Gasteiger partial charge in [0.15, 0.2) is 6.10 Å². The Morgan fingerprint density at radius 1 is 1.07 bits per heavy atom. The number of carbonyl (C=O) groups excluding carboxylic acids is 4. The van der Waals surface area contributed by atoms with E-state index in [0.717, 1.165) is 23.3 Å². The maximum absolute atomic E-state index is 12.5. The second-order valence-electron chi connectivity index (χ2n) is 9.21. The van der Waals surface area contributed by atoms with Crippen molar-refractivity contribution in [1.82, 2.24) is 4.90 Å². The Kier molecular flexibility index (Phi) is 6.29. The quantitative estimate of drug-likeness (QED) is 0.591. The summed E-state index contributed by atoms with van der Waals surface area (Å²) in [6.45, 7) is 7.33. The summed E-state index contributed by atoms with van der Waals surface area (Å²) in [5.74, 6) is -2.44. The number of carbonyl (C=O) groups is 4. The van der Waals surface area contributed by atoms with Gasteiger partial charge in [-0.25, -0.2) is 0 Å². The minimum atomic E-state index is -1.05. The van der Waals surface area contributed by atoms with E-state index in [1.807, 2.05) is 12.1 Å². The Morgan fingerprint density at radius 3 is 2.10 bits per heavy atom. The first-order valence-corrected chi connectivity index (χ1v) is 10.5. The molecule has 3 rings (SSSR count). The SMILES string of the molecule is CC(OC(=O)CN1C(=O)C2CCCCC2C1=O)C(=O)Nc1ccc(C(C)(C)C)cc1. The predicted molar refractivity (Wildman–Crippen MR) is 111 cm³/mol. The number of nitrogens with zero attached hydrogens (tertiary/aromatic N) is 1. The third kappa shape index (κ3) is 4.71. The van der Waals surface area contributed by atoms with E-state index in [0.29, 0.717) is 18.5 Å². The fourth-order valence-electron chi connectivity index (χ4n) is 4.10. The summed E-state index contributed by atoms with van der Waals surface area (Å²) in [4.78, 5) is 50.6. The van der Waals surface area contributed by atoms with Gasteiger partial charge in [0.2, 0.25) is 11.8 Å². The molecule has 30 heavy (non-hydrogen) atoms. The number of likely N-dealkylation sites (tertiary alicyclic amines) is 1. The van der Waals surface area contributed by atoms with Crippen LogP contribution >= 0.6 is 0 Å². The molecule has 1 N–H and O–H groups in total. The Morgan fingerprint density at radius 2 is 1.60 bits per heavy atom. The molecule has 3 amide bonds. The number of ether oxygens (including phenoxy) is 1. The van der Waals surface area contributed by atoms with Crippen LogP contribution in [0.15, 0.2) is 24.3 Å². The molecule has 1 heterocycles. The molecular weight excluding hydrogens is 384 g/mol. The highest BCUT2D eigenvalue weighted by molar-refractivity contribution is 6.07. The molecule has 2 fully saturated rings. The molecule has 3 atom stereocenters. The van der Waals surface area contributed by atoms with E-state index in [9.17, 15) is 19.2 Å². The minimum absolute atomic E-state index is 0.00725. The fraction of sp³-hybridized carbons (Fsp3) is 0.565. The first kappa shape index (κ1) is 22.0. The van der Waals surface area contributed by atoms with Crippen LogP contribution in [-0.2, 0) is 29.3 Å². The summed E-state index contributed by atoms with van der Waals surface area (Å²) in [6.07, 6.45) is 2.18. The van der Waals surface area contributed by atoms with Gasteiger partial charge in [-0.15, -0.1) is 0 Å². The smallest absolute Gasteiger partial charge is 0.326 e. The van der Waals surface area contributed by atoms with Crippen LogP contribution in [0, 0.1) is 11.8 Å². The Hall–Kier alpha value is -2.70. The van der Waals surface area contributed by atoms with E-state index in [-0.39, 0.29) is 29.1 Å². The highest BCUT2D eigenvalue weighted by Crippen LogP contribution is 2.37. The maximum Gasteiger partial charge on any atom is 0.326 e. The van der Waals surface area contributed by atoms with Crippen molar-refractivity contribution in [2.75, 3.05) is 11.9 Å². The number of hydrogen-bond acceptors (Lipinski definition) is 5. The van der Waals surface area contributed by atoms with Gasteiger partial charge in [-0.3, -0.25) is 24.1 Å². The standard InChI is InChI=1S/C23H30N2O5/c1-14(20(27)24-16-11-9-15(10-12-16)23(2,3)4)30-19(26)13-25-21(28)17-7-5-6-8-18(17)22(25)29/h9-12,14,17-18H,5-8,13H2,1-4H3,(H,24,27). The van der Waals surface area contributed by atoms with Gasteiger partial charge >= 0.3 is 5.97 Å². The van der Waals surface area contributed by atoms with Gasteiger partial charge in [0, 0.05) is 5.69 Å². The first-order valence-electron chi connectivity index (χ1n) is 10.5. The molecule has 1 saturated carbocycles. The van der Waals surface area contributed by atoms with E-state index in [1.165, 1.54) is 6.92 Å². The van der Waals surface area contributed by atoms with E-state index in [4.69, 9.17) is 4.74 Å². The molecule has 1 aromatic rings. The van der Waals surface area contributed by atoms with Crippen LogP contribution in [-0.4, -0.2) is 41.2 Å². The average molecular weight is 415 g/mol. The molecule has 0 bridgehead atoms. The van der Waals surface area contributed by atoms with Gasteiger partial charge in [-0.2, -0.15) is 0 Å². The number of benzene rings is 1. The van der Waals surface area contributed by atoms with Crippen LogP contribution in [0.3, 0.4) is 0 Å². The lowest BCUT2D eigenvalue weighted by atomic mass is 9.81. The monoisotopic (exact) mass is 414 g/mol. The maximum atomic E-state index is 12.5. The van der Waals surface area contributed by atoms with Crippen LogP contribution in [0.1, 0.15) is 58.9 Å². The van der Waals surface area contributed by atoms with Crippen molar-refractivity contribution in [3.8, 4) is 0 Å². The third-order valence-electron chi connectivity index (χ3n) is 5.92. The highest BCUT2D eigenvalue weighted by Gasteiger charge is 2.48. The number of amides is 3. The lowest BCUT2D eigenvalue weighted by Gasteiger charge is -2.20. The van der Waals surface area contributed by atoms with Gasteiger partial charge < -0.3 is 10.1 Å². The van der Waals surface area contributed by atoms with E-state index < -0.39 is 24.5 Å². The lowest BCUT2D eigenvalue weighted by molar-refractivity contribution is -0.158. The molecule has 7 nitrogen and oxygen atoms in total. The molecule has 3 unspecified atom stereocenters. The number of fused-ring (bicyclic) bond motifs is 1. The summed E-state index contributed by atoms with van der Waals surface area (Å²) in [6, 6.07) is 7.49. The molecule has 7 heteroatoms. The zero-order valence-corrected chi connectivity index (χ0v) is 18.1. The zero-order valence-electron chi connectivity index (χ0n) is 18.1. The number of hydrogen-bond donors (Lipinski definition) is 1. The van der Waals surface area contributed by atoms with Crippen molar-refractivity contribution in [3.05, 3.63) is 29.8 Å². The minimum Gasteiger partial charge on any atom is -0.451 e. The van der Waals surface area contributed by atoms with Crippen molar-refractivity contribution in [3.63, 3.8) is 0 Å². The first-order chi connectivity index (χ1) is 14.1. The van der Waals surface area contributed by atoms with Crippen LogP contribution in [0.2, 0.25) is 0 Å². The largest absolute Gasteiger partial charge is 0.451 e. The van der Waals surface area contributed by atoms with Crippen LogP contribution < -0.4 is 5.32 Å². The molecule has 2 aliphatic rings. The molecule has 1 aliphatic heterocycles. The third-order valence-corrected chi connectivity index (χ3v) is 5.92. The van der Waals surface area contributed by atoms with Crippen molar-refractivity contribution in [2.24, 2.45) is 11.8 Å². The van der Waals surface area contributed by atoms with Crippen LogP contribution in [0.4, 0.5) is 5.69 Å². The number of nitrogens with one attached hydrogen (secondary N) is 1. The summed E-state index contributed by atoms with van der Waals surface area (Å²) in [7, 11) is 0. The molecule has 0 radical (unpaired) electrons.